The van der Waals surface area contributed by atoms with Gasteiger partial charge in [-0.05, 0) is 23.4 Å². The van der Waals surface area contributed by atoms with Crippen LogP contribution in [-0.4, -0.2) is 20.7 Å². The van der Waals surface area contributed by atoms with Gasteiger partial charge in [0.25, 0.3) is 0 Å². The minimum absolute atomic E-state index is 0.00610. The van der Waals surface area contributed by atoms with Gasteiger partial charge in [-0.1, -0.05) is 11.8 Å². The van der Waals surface area contributed by atoms with Gasteiger partial charge in [0, 0.05) is 35.6 Å². The Hall–Kier alpha value is -1.91. The normalized spacial score (nSPS) is 12.0. The number of nitrogen functional groups attached to an aromatic ring is 1. The van der Waals surface area contributed by atoms with E-state index in [2.05, 4.69) is 15.0 Å². The van der Waals surface area contributed by atoms with Gasteiger partial charge in [0.2, 0.25) is 0 Å². The molecule has 0 aliphatic heterocycles. The highest BCUT2D eigenvalue weighted by Crippen LogP contribution is 2.30. The summed E-state index contributed by atoms with van der Waals surface area (Å²) in [5.74, 6) is 0.289. The molecule has 0 fully saturated rings. The van der Waals surface area contributed by atoms with E-state index < -0.39 is 11.9 Å². The molecule has 3 heterocycles. The molecule has 0 aliphatic carbocycles. The third-order valence-electron chi connectivity index (χ3n) is 3.42. The predicted molar refractivity (Wildman–Crippen MR) is 93.4 cm³/mol. The van der Waals surface area contributed by atoms with Gasteiger partial charge in [-0.3, -0.25) is 4.98 Å². The Morgan fingerprint density at radius 2 is 2.00 bits per heavy atom. The van der Waals surface area contributed by atoms with Crippen LogP contribution >= 0.6 is 23.1 Å². The second-order valence-electron chi connectivity index (χ2n) is 5.19. The van der Waals surface area contributed by atoms with E-state index in [4.69, 9.17) is 11.5 Å². The summed E-state index contributed by atoms with van der Waals surface area (Å²) < 4.78 is 39.3. The zero-order valence-electron chi connectivity index (χ0n) is 12.9. The first-order chi connectivity index (χ1) is 11.9. The molecule has 0 radical (unpaired) electrons. The minimum atomic E-state index is -4.55. The van der Waals surface area contributed by atoms with Crippen molar-refractivity contribution in [1.82, 2.24) is 15.0 Å². The number of alkyl halides is 3. The van der Waals surface area contributed by atoms with Gasteiger partial charge in [0.05, 0.1) is 4.70 Å². The van der Waals surface area contributed by atoms with Crippen LogP contribution in [-0.2, 0) is 19.1 Å². The summed E-state index contributed by atoms with van der Waals surface area (Å²) in [5.41, 5.74) is 12.0. The SMILES string of the molecule is NCc1csc2cnc(CCSc3nc(N)cc(C(F)(F)F)n3)cc12. The maximum atomic E-state index is 12.7. The van der Waals surface area contributed by atoms with E-state index in [1.807, 2.05) is 11.4 Å². The van der Waals surface area contributed by atoms with Gasteiger partial charge in [-0.2, -0.15) is 13.2 Å². The summed E-state index contributed by atoms with van der Waals surface area (Å²) >= 11 is 2.70. The number of hydrogen-bond donors (Lipinski definition) is 2. The molecule has 3 rings (SSSR count). The quantitative estimate of drug-likeness (QED) is 0.516. The average Bonchev–Trinajstić information content (AvgIpc) is 2.96. The fourth-order valence-electron chi connectivity index (χ4n) is 2.22. The molecule has 132 valence electrons. The van der Waals surface area contributed by atoms with E-state index in [1.165, 1.54) is 0 Å². The molecule has 5 nitrogen and oxygen atoms in total. The van der Waals surface area contributed by atoms with Gasteiger partial charge < -0.3 is 11.5 Å². The van der Waals surface area contributed by atoms with E-state index in [-0.39, 0.29) is 11.0 Å². The monoisotopic (exact) mass is 385 g/mol. The summed E-state index contributed by atoms with van der Waals surface area (Å²) in [4.78, 5) is 11.7. The standard InChI is InChI=1S/C15H14F3N5S2/c16-15(17,18)12-4-13(20)23-14(22-12)24-2-1-9-3-10-8(5-19)7-25-11(10)6-21-9/h3-4,6-7H,1-2,5,19H2,(H2,20,22,23). The number of nitrogens with zero attached hydrogens (tertiary/aromatic N) is 3. The number of pyridine rings is 1. The van der Waals surface area contributed by atoms with Crippen LogP contribution in [0, 0.1) is 0 Å². The number of fused-ring (bicyclic) bond motifs is 1. The van der Waals surface area contributed by atoms with E-state index in [0.717, 1.165) is 39.2 Å². The number of thiophene rings is 1. The third kappa shape index (κ3) is 4.20. The number of thioether (sulfide) groups is 1. The molecule has 0 aliphatic rings. The number of halogens is 3. The van der Waals surface area contributed by atoms with Crippen molar-refractivity contribution in [2.75, 3.05) is 11.5 Å². The molecule has 4 N–H and O–H groups in total. The number of aryl methyl sites for hydroxylation is 1. The smallest absolute Gasteiger partial charge is 0.384 e. The number of rotatable bonds is 5. The van der Waals surface area contributed by atoms with Gasteiger partial charge in [-0.15, -0.1) is 11.3 Å². The average molecular weight is 385 g/mol. The fraction of sp³-hybridized carbons (Fsp3) is 0.267. The lowest BCUT2D eigenvalue weighted by atomic mass is 10.1. The van der Waals surface area contributed by atoms with Crippen molar-refractivity contribution >= 4 is 39.0 Å². The first-order valence-electron chi connectivity index (χ1n) is 7.26. The second-order valence-corrected chi connectivity index (χ2v) is 7.17. The van der Waals surface area contributed by atoms with E-state index in [1.54, 1.807) is 17.5 Å². The largest absolute Gasteiger partial charge is 0.433 e. The Kier molecular flexibility index (Phi) is 5.11. The summed E-state index contributed by atoms with van der Waals surface area (Å²) in [7, 11) is 0. The highest BCUT2D eigenvalue weighted by molar-refractivity contribution is 7.99. The molecule has 0 aromatic carbocycles. The van der Waals surface area contributed by atoms with Crippen molar-refractivity contribution in [2.24, 2.45) is 5.73 Å². The Balaban J connectivity index is 1.70. The molecule has 0 unspecified atom stereocenters. The van der Waals surface area contributed by atoms with Crippen molar-refractivity contribution in [1.29, 1.82) is 0 Å². The van der Waals surface area contributed by atoms with Crippen molar-refractivity contribution in [3.8, 4) is 0 Å². The molecule has 0 saturated heterocycles. The summed E-state index contributed by atoms with van der Waals surface area (Å²) in [6.45, 7) is 0.454. The highest BCUT2D eigenvalue weighted by atomic mass is 32.2. The van der Waals surface area contributed by atoms with Gasteiger partial charge in [-0.25, -0.2) is 9.97 Å². The van der Waals surface area contributed by atoms with Crippen LogP contribution in [0.3, 0.4) is 0 Å². The Labute approximate surface area is 149 Å². The number of anilines is 1. The molecular weight excluding hydrogens is 371 g/mol. The summed E-state index contributed by atoms with van der Waals surface area (Å²) in [6.07, 6.45) is -2.19. The summed E-state index contributed by atoms with van der Waals surface area (Å²) in [5, 5.41) is 3.08. The van der Waals surface area contributed by atoms with Gasteiger partial charge in [0.1, 0.15) is 5.82 Å². The topological polar surface area (TPSA) is 90.7 Å². The number of hydrogen-bond acceptors (Lipinski definition) is 7. The van der Waals surface area contributed by atoms with Crippen molar-refractivity contribution < 1.29 is 13.2 Å². The highest BCUT2D eigenvalue weighted by Gasteiger charge is 2.33. The Bertz CT molecular complexity index is 894. The Morgan fingerprint density at radius 3 is 2.72 bits per heavy atom. The van der Waals surface area contributed by atoms with Crippen LogP contribution < -0.4 is 11.5 Å². The zero-order chi connectivity index (χ0) is 18.0. The van der Waals surface area contributed by atoms with Gasteiger partial charge in [0.15, 0.2) is 10.9 Å². The molecule has 0 saturated carbocycles. The van der Waals surface area contributed by atoms with Crippen LogP contribution in [0.1, 0.15) is 17.0 Å². The van der Waals surface area contributed by atoms with Crippen LogP contribution in [0.5, 0.6) is 0 Å². The minimum Gasteiger partial charge on any atom is -0.384 e. The molecule has 0 amide bonds. The lowest BCUT2D eigenvalue weighted by Crippen LogP contribution is -2.11. The molecule has 0 atom stereocenters. The predicted octanol–water partition coefficient (Wildman–Crippen LogP) is 3.48. The number of aromatic nitrogens is 3. The van der Waals surface area contributed by atoms with Crippen LogP contribution in [0.4, 0.5) is 19.0 Å². The molecule has 25 heavy (non-hydrogen) atoms. The van der Waals surface area contributed by atoms with Crippen molar-refractivity contribution in [3.05, 3.63) is 40.7 Å². The van der Waals surface area contributed by atoms with Crippen LogP contribution in [0.2, 0.25) is 0 Å². The van der Waals surface area contributed by atoms with Crippen LogP contribution in [0.25, 0.3) is 10.1 Å². The summed E-state index contributed by atoms with van der Waals surface area (Å²) in [6, 6.07) is 2.69. The van der Waals surface area contributed by atoms with E-state index in [9.17, 15) is 13.2 Å². The second kappa shape index (κ2) is 7.14. The molecule has 10 heteroatoms. The molecule has 3 aromatic heterocycles. The lowest BCUT2D eigenvalue weighted by molar-refractivity contribution is -0.141. The maximum absolute atomic E-state index is 12.7. The Morgan fingerprint density at radius 1 is 1.20 bits per heavy atom. The first-order valence-corrected chi connectivity index (χ1v) is 9.13. The van der Waals surface area contributed by atoms with Crippen molar-refractivity contribution in [2.45, 2.75) is 24.3 Å². The van der Waals surface area contributed by atoms with Crippen molar-refractivity contribution in [3.63, 3.8) is 0 Å². The maximum Gasteiger partial charge on any atom is 0.433 e. The molecule has 3 aromatic rings. The fourth-order valence-corrected chi connectivity index (χ4v) is 3.97. The van der Waals surface area contributed by atoms with E-state index in [0.29, 0.717) is 18.7 Å². The van der Waals surface area contributed by atoms with Gasteiger partial charge >= 0.3 is 6.18 Å². The molecular formula is C15H14F3N5S2. The lowest BCUT2D eigenvalue weighted by Gasteiger charge is -2.08. The number of nitrogens with two attached hydrogens (primary N) is 2. The zero-order valence-corrected chi connectivity index (χ0v) is 14.5. The third-order valence-corrected chi connectivity index (χ3v) is 5.25. The van der Waals surface area contributed by atoms with Crippen LogP contribution in [0.15, 0.2) is 28.9 Å². The first kappa shape index (κ1) is 17.9. The molecule has 0 bridgehead atoms. The molecule has 0 spiro atoms. The van der Waals surface area contributed by atoms with E-state index >= 15 is 0 Å².